The molecule has 0 N–H and O–H groups in total. The van der Waals surface area contributed by atoms with Gasteiger partial charge >= 0.3 is 0 Å². The number of nitrogens with zero attached hydrogens (tertiary/aromatic N) is 2. The lowest BCUT2D eigenvalue weighted by Crippen LogP contribution is -1.97. The van der Waals surface area contributed by atoms with Crippen LogP contribution in [-0.4, -0.2) is 4.92 Å². The fraction of sp³-hybridized carbons (Fsp3) is 0.0455. The van der Waals surface area contributed by atoms with Gasteiger partial charge in [0.15, 0.2) is 0 Å². The van der Waals surface area contributed by atoms with E-state index in [1.807, 2.05) is 36.4 Å². The van der Waals surface area contributed by atoms with Gasteiger partial charge in [-0.15, -0.1) is 0 Å². The van der Waals surface area contributed by atoms with E-state index in [1.54, 1.807) is 30.3 Å². The standard InChI is InChI=1S/C22H15ClN2O3/c23-20-10-8-16(9-11-20)15-28-22-7-2-1-4-18(22)12-19(14-24)17-5-3-6-21(13-17)25(26)27/h1-13H,15H2. The lowest BCUT2D eigenvalue weighted by atomic mass is 10.0. The molecule has 28 heavy (non-hydrogen) atoms. The molecule has 138 valence electrons. The number of allylic oxidation sites excluding steroid dienone is 1. The zero-order chi connectivity index (χ0) is 19.9. The zero-order valence-electron chi connectivity index (χ0n) is 14.7. The van der Waals surface area contributed by atoms with E-state index in [1.165, 1.54) is 12.1 Å². The van der Waals surface area contributed by atoms with Gasteiger partial charge in [0.25, 0.3) is 5.69 Å². The van der Waals surface area contributed by atoms with E-state index >= 15 is 0 Å². The zero-order valence-corrected chi connectivity index (χ0v) is 15.5. The number of non-ortho nitro benzene ring substituents is 1. The average Bonchev–Trinajstić information content (AvgIpc) is 2.72. The topological polar surface area (TPSA) is 76.2 Å². The van der Waals surface area contributed by atoms with Crippen LogP contribution in [0.2, 0.25) is 5.02 Å². The van der Waals surface area contributed by atoms with E-state index in [4.69, 9.17) is 16.3 Å². The largest absolute Gasteiger partial charge is 0.488 e. The quantitative estimate of drug-likeness (QED) is 0.227. The molecule has 0 unspecified atom stereocenters. The van der Waals surface area contributed by atoms with E-state index in [9.17, 15) is 15.4 Å². The van der Waals surface area contributed by atoms with Gasteiger partial charge in [0.1, 0.15) is 12.4 Å². The molecule has 3 aromatic rings. The van der Waals surface area contributed by atoms with Crippen molar-refractivity contribution in [1.29, 1.82) is 5.26 Å². The molecular weight excluding hydrogens is 376 g/mol. The van der Waals surface area contributed by atoms with Crippen LogP contribution in [0.4, 0.5) is 5.69 Å². The van der Waals surface area contributed by atoms with Crippen LogP contribution in [0.25, 0.3) is 11.6 Å². The van der Waals surface area contributed by atoms with Crippen LogP contribution >= 0.6 is 11.6 Å². The predicted molar refractivity (Wildman–Crippen MR) is 109 cm³/mol. The van der Waals surface area contributed by atoms with E-state index < -0.39 is 4.92 Å². The van der Waals surface area contributed by atoms with Crippen molar-refractivity contribution in [3.63, 3.8) is 0 Å². The van der Waals surface area contributed by atoms with Crippen molar-refractivity contribution in [2.24, 2.45) is 0 Å². The van der Waals surface area contributed by atoms with E-state index in [0.717, 1.165) is 5.56 Å². The molecule has 0 atom stereocenters. The fourth-order valence-electron chi connectivity index (χ4n) is 2.60. The number of para-hydroxylation sites is 1. The normalized spacial score (nSPS) is 10.9. The third-order valence-corrected chi connectivity index (χ3v) is 4.27. The van der Waals surface area contributed by atoms with E-state index in [0.29, 0.717) is 34.1 Å². The first-order valence-corrected chi connectivity index (χ1v) is 8.77. The summed E-state index contributed by atoms with van der Waals surface area (Å²) in [6, 6.07) is 22.8. The maximum absolute atomic E-state index is 11.0. The molecule has 0 bridgehead atoms. The number of nitro benzene ring substituents is 1. The minimum atomic E-state index is -0.484. The smallest absolute Gasteiger partial charge is 0.270 e. The first-order chi connectivity index (χ1) is 13.6. The van der Waals surface area contributed by atoms with E-state index in [-0.39, 0.29) is 5.69 Å². The van der Waals surface area contributed by atoms with Crippen molar-refractivity contribution in [3.8, 4) is 11.8 Å². The summed E-state index contributed by atoms with van der Waals surface area (Å²) in [6.07, 6.45) is 1.66. The number of hydrogen-bond donors (Lipinski definition) is 0. The number of ether oxygens (including phenoxy) is 1. The molecule has 3 aromatic carbocycles. The number of nitro groups is 1. The number of hydrogen-bond acceptors (Lipinski definition) is 4. The van der Waals surface area contributed by atoms with Gasteiger partial charge in [0, 0.05) is 22.7 Å². The van der Waals surface area contributed by atoms with Crippen molar-refractivity contribution in [3.05, 3.63) is 105 Å². The van der Waals surface area contributed by atoms with Crippen LogP contribution in [0.5, 0.6) is 5.75 Å². The number of halogens is 1. The maximum Gasteiger partial charge on any atom is 0.270 e. The monoisotopic (exact) mass is 390 g/mol. The second-order valence-electron chi connectivity index (χ2n) is 5.93. The molecule has 0 aliphatic rings. The Morgan fingerprint density at radius 2 is 1.86 bits per heavy atom. The Balaban J connectivity index is 1.88. The van der Waals surface area contributed by atoms with Crippen LogP contribution in [-0.2, 0) is 6.61 Å². The first kappa shape index (κ1) is 19.2. The highest BCUT2D eigenvalue weighted by atomic mass is 35.5. The van der Waals surface area contributed by atoms with Crippen LogP contribution in [0.3, 0.4) is 0 Å². The molecular formula is C22H15ClN2O3. The third-order valence-electron chi connectivity index (χ3n) is 4.01. The third kappa shape index (κ3) is 4.76. The maximum atomic E-state index is 11.0. The number of benzene rings is 3. The van der Waals surface area contributed by atoms with Gasteiger partial charge in [-0.1, -0.05) is 54.1 Å². The highest BCUT2D eigenvalue weighted by molar-refractivity contribution is 6.30. The summed E-state index contributed by atoms with van der Waals surface area (Å²) in [5, 5.41) is 21.2. The number of rotatable bonds is 6. The second kappa shape index (κ2) is 8.85. The van der Waals surface area contributed by atoms with Gasteiger partial charge in [-0.3, -0.25) is 10.1 Å². The first-order valence-electron chi connectivity index (χ1n) is 8.40. The highest BCUT2D eigenvalue weighted by Crippen LogP contribution is 2.27. The summed E-state index contributed by atoms with van der Waals surface area (Å²) in [5.41, 5.74) is 2.39. The Hall–Kier alpha value is -3.62. The molecule has 0 aliphatic carbocycles. The van der Waals surface area contributed by atoms with Crippen LogP contribution in [0.15, 0.2) is 72.8 Å². The van der Waals surface area contributed by atoms with Crippen LogP contribution < -0.4 is 4.74 Å². The van der Waals surface area contributed by atoms with Crippen LogP contribution in [0, 0.1) is 21.4 Å². The van der Waals surface area contributed by atoms with Crippen molar-refractivity contribution in [2.75, 3.05) is 0 Å². The molecule has 0 heterocycles. The van der Waals surface area contributed by atoms with E-state index in [2.05, 4.69) is 6.07 Å². The summed E-state index contributed by atoms with van der Waals surface area (Å²) in [4.78, 5) is 10.5. The second-order valence-corrected chi connectivity index (χ2v) is 6.37. The highest BCUT2D eigenvalue weighted by Gasteiger charge is 2.10. The molecule has 0 aliphatic heterocycles. The van der Waals surface area contributed by atoms with Gasteiger partial charge in [0.2, 0.25) is 0 Å². The van der Waals surface area contributed by atoms with Gasteiger partial charge < -0.3 is 4.74 Å². The summed E-state index contributed by atoms with van der Waals surface area (Å²) >= 11 is 5.89. The fourth-order valence-corrected chi connectivity index (χ4v) is 2.72. The molecule has 5 nitrogen and oxygen atoms in total. The van der Waals surface area contributed by atoms with Gasteiger partial charge in [-0.25, -0.2) is 0 Å². The molecule has 0 saturated carbocycles. The molecule has 0 radical (unpaired) electrons. The minimum absolute atomic E-state index is 0.0640. The molecule has 0 spiro atoms. The summed E-state index contributed by atoms with van der Waals surface area (Å²) < 4.78 is 5.90. The van der Waals surface area contributed by atoms with Gasteiger partial charge in [0.05, 0.1) is 16.6 Å². The predicted octanol–water partition coefficient (Wildman–Crippen LogP) is 5.89. The summed E-state index contributed by atoms with van der Waals surface area (Å²) in [5.74, 6) is 0.607. The molecule has 0 saturated heterocycles. The Morgan fingerprint density at radius 3 is 2.57 bits per heavy atom. The average molecular weight is 391 g/mol. The van der Waals surface area contributed by atoms with Crippen molar-refractivity contribution >= 4 is 28.9 Å². The lowest BCUT2D eigenvalue weighted by Gasteiger charge is -2.10. The van der Waals surface area contributed by atoms with Gasteiger partial charge in [-0.05, 0) is 35.4 Å². The minimum Gasteiger partial charge on any atom is -0.488 e. The Morgan fingerprint density at radius 1 is 1.11 bits per heavy atom. The SMILES string of the molecule is N#CC(=Cc1ccccc1OCc1ccc(Cl)cc1)c1cccc([N+](=O)[O-])c1. The van der Waals surface area contributed by atoms with Crippen molar-refractivity contribution in [1.82, 2.24) is 0 Å². The number of nitriles is 1. The molecule has 6 heteroatoms. The Labute approximate surface area is 167 Å². The summed E-state index contributed by atoms with van der Waals surface area (Å²) in [6.45, 7) is 0.348. The Bertz CT molecular complexity index is 1070. The lowest BCUT2D eigenvalue weighted by molar-refractivity contribution is -0.384. The van der Waals surface area contributed by atoms with Gasteiger partial charge in [-0.2, -0.15) is 5.26 Å². The molecule has 0 aromatic heterocycles. The molecule has 0 amide bonds. The Kier molecular flexibility index (Phi) is 6.05. The molecule has 0 fully saturated rings. The molecule has 3 rings (SSSR count). The van der Waals surface area contributed by atoms with Crippen LogP contribution in [0.1, 0.15) is 16.7 Å². The van der Waals surface area contributed by atoms with Crippen molar-refractivity contribution < 1.29 is 9.66 Å². The summed E-state index contributed by atoms with van der Waals surface area (Å²) in [7, 11) is 0. The van der Waals surface area contributed by atoms with Crippen molar-refractivity contribution in [2.45, 2.75) is 6.61 Å².